The number of rotatable bonds is 5. The quantitative estimate of drug-likeness (QED) is 0.869. The molecule has 116 valence electrons. The van der Waals surface area contributed by atoms with Crippen LogP contribution < -0.4 is 5.32 Å². The smallest absolute Gasteiger partial charge is 0.329 e. The lowest BCUT2D eigenvalue weighted by molar-refractivity contribution is -0.146. The third-order valence-corrected chi connectivity index (χ3v) is 4.48. The second-order valence-electron chi connectivity index (χ2n) is 5.67. The lowest BCUT2D eigenvalue weighted by atomic mass is 9.75. The van der Waals surface area contributed by atoms with E-state index < -0.39 is 17.4 Å². The molecule has 1 aliphatic carbocycles. The molecule has 0 spiro atoms. The molecule has 0 unspecified atom stereocenters. The molecular weight excluding hydrogens is 272 g/mol. The van der Waals surface area contributed by atoms with Crippen LogP contribution in [0.5, 0.6) is 0 Å². The molecule has 1 aliphatic rings. The monoisotopic (exact) mass is 294 g/mol. The molecule has 1 saturated carbocycles. The second kappa shape index (κ2) is 6.28. The highest BCUT2D eigenvalue weighted by molar-refractivity contribution is 5.97. The Hall–Kier alpha value is -1.85. The van der Waals surface area contributed by atoms with Crippen molar-refractivity contribution >= 4 is 11.9 Å². The number of hydrogen-bond donors (Lipinski definition) is 2. The van der Waals surface area contributed by atoms with E-state index >= 15 is 0 Å². The van der Waals surface area contributed by atoms with Gasteiger partial charge in [0.05, 0.1) is 0 Å². The Bertz CT molecular complexity index is 515. The van der Waals surface area contributed by atoms with Crippen LogP contribution in [0.15, 0.2) is 10.8 Å². The number of nitrogens with one attached hydrogen (secondary N) is 1. The summed E-state index contributed by atoms with van der Waals surface area (Å²) in [6.07, 6.45) is 5.38. The van der Waals surface area contributed by atoms with Crippen molar-refractivity contribution in [3.8, 4) is 0 Å². The molecule has 1 heterocycles. The number of nitrogens with zero attached hydrogens (tertiary/aromatic N) is 1. The van der Waals surface area contributed by atoms with Crippen molar-refractivity contribution in [2.75, 3.05) is 0 Å². The third kappa shape index (κ3) is 3.09. The lowest BCUT2D eigenvalue weighted by Crippen LogP contribution is -2.56. The number of carboxylic acid groups (broad SMARTS) is 1. The Labute approximate surface area is 123 Å². The molecule has 1 amide bonds. The standard InChI is InChI=1S/C15H22N2O4/c1-3-10-5-7-15(8-6-10,14(19)20)17-13(18)12-11(4-2)21-9-16-12/h9-10H,3-8H2,1-2H3,(H,17,18)(H,19,20). The van der Waals surface area contributed by atoms with E-state index in [0.29, 0.717) is 30.9 Å². The van der Waals surface area contributed by atoms with Gasteiger partial charge in [0, 0.05) is 6.42 Å². The van der Waals surface area contributed by atoms with Crippen LogP contribution in [0.3, 0.4) is 0 Å². The summed E-state index contributed by atoms with van der Waals surface area (Å²) in [7, 11) is 0. The van der Waals surface area contributed by atoms with Crippen LogP contribution in [0.4, 0.5) is 0 Å². The lowest BCUT2D eigenvalue weighted by Gasteiger charge is -2.37. The maximum absolute atomic E-state index is 12.3. The number of amides is 1. The van der Waals surface area contributed by atoms with Gasteiger partial charge in [0.2, 0.25) is 0 Å². The first-order chi connectivity index (χ1) is 10.0. The number of aliphatic carboxylic acids is 1. The Balaban J connectivity index is 2.14. The molecule has 1 aromatic heterocycles. The minimum atomic E-state index is -1.17. The molecule has 0 bridgehead atoms. The molecule has 0 atom stereocenters. The zero-order valence-electron chi connectivity index (χ0n) is 12.5. The molecule has 1 aromatic rings. The van der Waals surface area contributed by atoms with E-state index in [0.717, 1.165) is 19.3 Å². The number of aryl methyl sites for hydroxylation is 1. The Morgan fingerprint density at radius 1 is 1.43 bits per heavy atom. The van der Waals surface area contributed by atoms with Crippen molar-refractivity contribution in [3.63, 3.8) is 0 Å². The SMILES string of the molecule is CCc1ocnc1C(=O)NC1(C(=O)O)CCC(CC)CC1. The molecule has 0 radical (unpaired) electrons. The summed E-state index contributed by atoms with van der Waals surface area (Å²) in [6.45, 7) is 3.97. The Morgan fingerprint density at radius 2 is 2.10 bits per heavy atom. The summed E-state index contributed by atoms with van der Waals surface area (Å²) in [6, 6.07) is 0. The molecule has 6 heteroatoms. The largest absolute Gasteiger partial charge is 0.480 e. The van der Waals surface area contributed by atoms with Crippen molar-refractivity contribution in [2.24, 2.45) is 5.92 Å². The number of oxazole rings is 1. The third-order valence-electron chi connectivity index (χ3n) is 4.48. The van der Waals surface area contributed by atoms with E-state index in [4.69, 9.17) is 4.42 Å². The molecule has 0 aromatic carbocycles. The van der Waals surface area contributed by atoms with Crippen molar-refractivity contribution in [1.29, 1.82) is 0 Å². The first-order valence-corrected chi connectivity index (χ1v) is 7.50. The van der Waals surface area contributed by atoms with Crippen LogP contribution in [0.2, 0.25) is 0 Å². The number of carbonyl (C=O) groups is 2. The zero-order chi connectivity index (χ0) is 15.5. The van der Waals surface area contributed by atoms with E-state index in [2.05, 4.69) is 17.2 Å². The fourth-order valence-corrected chi connectivity index (χ4v) is 2.95. The summed E-state index contributed by atoms with van der Waals surface area (Å²) >= 11 is 0. The number of aromatic nitrogens is 1. The van der Waals surface area contributed by atoms with Gasteiger partial charge in [-0.15, -0.1) is 0 Å². The van der Waals surface area contributed by atoms with Crippen LogP contribution in [0, 0.1) is 5.92 Å². The first kappa shape index (κ1) is 15.5. The average molecular weight is 294 g/mol. The number of carboxylic acids is 1. The molecular formula is C15H22N2O4. The first-order valence-electron chi connectivity index (χ1n) is 7.50. The Morgan fingerprint density at radius 3 is 2.62 bits per heavy atom. The van der Waals surface area contributed by atoms with Crippen LogP contribution in [-0.4, -0.2) is 27.5 Å². The van der Waals surface area contributed by atoms with Gasteiger partial charge in [0.15, 0.2) is 12.1 Å². The normalized spacial score (nSPS) is 25.5. The van der Waals surface area contributed by atoms with Crippen molar-refractivity contribution in [1.82, 2.24) is 10.3 Å². The van der Waals surface area contributed by atoms with Crippen LogP contribution >= 0.6 is 0 Å². The summed E-state index contributed by atoms with van der Waals surface area (Å²) < 4.78 is 5.13. The fraction of sp³-hybridized carbons (Fsp3) is 0.667. The zero-order valence-corrected chi connectivity index (χ0v) is 12.5. The highest BCUT2D eigenvalue weighted by Gasteiger charge is 2.43. The van der Waals surface area contributed by atoms with Gasteiger partial charge in [-0.05, 0) is 31.6 Å². The highest BCUT2D eigenvalue weighted by Crippen LogP contribution is 2.34. The van der Waals surface area contributed by atoms with Gasteiger partial charge in [-0.2, -0.15) is 0 Å². The van der Waals surface area contributed by atoms with Crippen molar-refractivity contribution < 1.29 is 19.1 Å². The van der Waals surface area contributed by atoms with Crippen molar-refractivity contribution in [2.45, 2.75) is 57.9 Å². The van der Waals surface area contributed by atoms with Crippen LogP contribution in [0.1, 0.15) is 62.2 Å². The Kier molecular flexibility index (Phi) is 4.65. The second-order valence-corrected chi connectivity index (χ2v) is 5.67. The minimum absolute atomic E-state index is 0.190. The molecule has 2 rings (SSSR count). The number of carbonyl (C=O) groups excluding carboxylic acids is 1. The van der Waals surface area contributed by atoms with E-state index in [1.165, 1.54) is 6.39 Å². The molecule has 21 heavy (non-hydrogen) atoms. The van der Waals surface area contributed by atoms with Crippen molar-refractivity contribution in [3.05, 3.63) is 17.8 Å². The molecule has 0 aliphatic heterocycles. The van der Waals surface area contributed by atoms with Gasteiger partial charge in [0.1, 0.15) is 11.3 Å². The van der Waals surface area contributed by atoms with E-state index in [-0.39, 0.29) is 5.69 Å². The summed E-state index contributed by atoms with van der Waals surface area (Å²) in [4.78, 5) is 27.9. The van der Waals surface area contributed by atoms with Gasteiger partial charge in [0.25, 0.3) is 5.91 Å². The number of hydrogen-bond acceptors (Lipinski definition) is 4. The summed E-state index contributed by atoms with van der Waals surface area (Å²) in [5.74, 6) is -0.396. The van der Waals surface area contributed by atoms with E-state index in [1.54, 1.807) is 0 Å². The predicted octanol–water partition coefficient (Wildman–Crippen LogP) is 2.39. The van der Waals surface area contributed by atoms with Crippen LogP contribution in [-0.2, 0) is 11.2 Å². The van der Waals surface area contributed by atoms with Crippen LogP contribution in [0.25, 0.3) is 0 Å². The molecule has 0 saturated heterocycles. The highest BCUT2D eigenvalue weighted by atomic mass is 16.4. The average Bonchev–Trinajstić information content (AvgIpc) is 2.96. The maximum atomic E-state index is 12.3. The fourth-order valence-electron chi connectivity index (χ4n) is 2.95. The topological polar surface area (TPSA) is 92.4 Å². The van der Waals surface area contributed by atoms with Gasteiger partial charge in [-0.25, -0.2) is 9.78 Å². The summed E-state index contributed by atoms with van der Waals surface area (Å²) in [5, 5.41) is 12.3. The van der Waals surface area contributed by atoms with Gasteiger partial charge in [-0.3, -0.25) is 4.79 Å². The predicted molar refractivity (Wildman–Crippen MR) is 76.0 cm³/mol. The molecule has 1 fully saturated rings. The molecule has 2 N–H and O–H groups in total. The molecule has 6 nitrogen and oxygen atoms in total. The van der Waals surface area contributed by atoms with Gasteiger partial charge in [-0.1, -0.05) is 20.3 Å². The van der Waals surface area contributed by atoms with Gasteiger partial charge < -0.3 is 14.8 Å². The van der Waals surface area contributed by atoms with E-state index in [9.17, 15) is 14.7 Å². The van der Waals surface area contributed by atoms with E-state index in [1.807, 2.05) is 6.92 Å². The summed E-state index contributed by atoms with van der Waals surface area (Å²) in [5.41, 5.74) is -0.983. The maximum Gasteiger partial charge on any atom is 0.329 e. The minimum Gasteiger partial charge on any atom is -0.480 e. The van der Waals surface area contributed by atoms with Gasteiger partial charge >= 0.3 is 5.97 Å².